The first kappa shape index (κ1) is 14.9. The van der Waals surface area contributed by atoms with Crippen LogP contribution in [-0.4, -0.2) is 60.0 Å². The molecule has 20 heavy (non-hydrogen) atoms. The van der Waals surface area contributed by atoms with Gasteiger partial charge in [0.05, 0.1) is 12.1 Å². The number of nitrogens with zero attached hydrogens (tertiary/aromatic N) is 2. The van der Waals surface area contributed by atoms with Crippen LogP contribution in [0.4, 0.5) is 4.39 Å². The second kappa shape index (κ2) is 6.33. The summed E-state index contributed by atoms with van der Waals surface area (Å²) >= 11 is 0. The van der Waals surface area contributed by atoms with Gasteiger partial charge in [-0.15, -0.1) is 0 Å². The largest absolute Gasteiger partial charge is 0.507 e. The van der Waals surface area contributed by atoms with E-state index in [1.165, 1.54) is 6.07 Å². The summed E-state index contributed by atoms with van der Waals surface area (Å²) in [5.74, 6) is -0.894. The van der Waals surface area contributed by atoms with Gasteiger partial charge < -0.3 is 10.0 Å². The summed E-state index contributed by atoms with van der Waals surface area (Å²) in [5, 5.41) is 9.66. The quantitative estimate of drug-likeness (QED) is 0.853. The Morgan fingerprint density at radius 3 is 2.90 bits per heavy atom. The average Bonchev–Trinajstić information content (AvgIpc) is 2.43. The molecule has 1 aromatic rings. The van der Waals surface area contributed by atoms with E-state index in [2.05, 4.69) is 23.8 Å². The third kappa shape index (κ3) is 3.35. The first-order valence-corrected chi connectivity index (χ1v) is 6.95. The number of carbonyl (C=O) groups is 1. The Hall–Kier alpha value is -1.46. The summed E-state index contributed by atoms with van der Waals surface area (Å²) in [7, 11) is 2.09. The number of hydrogen-bond acceptors (Lipinski definition) is 4. The molecule has 1 aliphatic rings. The van der Waals surface area contributed by atoms with Crippen molar-refractivity contribution in [1.82, 2.24) is 9.80 Å². The van der Waals surface area contributed by atoms with Crippen LogP contribution >= 0.6 is 0 Å². The molecule has 1 aromatic carbocycles. The summed E-state index contributed by atoms with van der Waals surface area (Å²) in [4.78, 5) is 16.5. The molecular weight excluding hydrogens is 259 g/mol. The smallest absolute Gasteiger partial charge is 0.180 e. The molecule has 1 unspecified atom stereocenters. The highest BCUT2D eigenvalue weighted by Gasteiger charge is 2.25. The molecule has 2 rings (SSSR count). The highest BCUT2D eigenvalue weighted by molar-refractivity contribution is 6.00. The van der Waals surface area contributed by atoms with Crippen LogP contribution in [0.5, 0.6) is 5.75 Å². The zero-order chi connectivity index (χ0) is 14.7. The lowest BCUT2D eigenvalue weighted by Gasteiger charge is -2.38. The van der Waals surface area contributed by atoms with Crippen molar-refractivity contribution in [3.8, 4) is 5.75 Å². The van der Waals surface area contributed by atoms with Crippen molar-refractivity contribution >= 4 is 5.78 Å². The van der Waals surface area contributed by atoms with Crippen LogP contribution in [0.15, 0.2) is 18.2 Å². The molecule has 4 nitrogen and oxygen atoms in total. The van der Waals surface area contributed by atoms with Crippen molar-refractivity contribution in [2.24, 2.45) is 0 Å². The van der Waals surface area contributed by atoms with E-state index < -0.39 is 5.82 Å². The molecule has 1 heterocycles. The first-order chi connectivity index (χ1) is 9.51. The van der Waals surface area contributed by atoms with Gasteiger partial charge in [0.2, 0.25) is 0 Å². The topological polar surface area (TPSA) is 43.8 Å². The number of Topliss-reactive ketones (excluding diaryl/α,β-unsaturated/α-hetero) is 1. The zero-order valence-electron chi connectivity index (χ0n) is 12.0. The molecule has 1 aliphatic heterocycles. The number of carbonyl (C=O) groups excluding carboxylic acids is 1. The maximum atomic E-state index is 13.2. The summed E-state index contributed by atoms with van der Waals surface area (Å²) < 4.78 is 13.2. The standard InChI is InChI=1S/C15H21FN2O2/c1-3-12-9-18(7-6-17(12)2)10-15(20)13-8-11(16)4-5-14(13)19/h4-5,8,12,19H,3,6-7,9-10H2,1-2H3. The lowest BCUT2D eigenvalue weighted by Crippen LogP contribution is -2.52. The minimum absolute atomic E-state index is 0.0666. The Kier molecular flexibility index (Phi) is 4.73. The summed E-state index contributed by atoms with van der Waals surface area (Å²) in [6.07, 6.45) is 1.03. The van der Waals surface area contributed by atoms with E-state index in [4.69, 9.17) is 0 Å². The monoisotopic (exact) mass is 280 g/mol. The number of likely N-dealkylation sites (N-methyl/N-ethyl adjacent to an activating group) is 1. The van der Waals surface area contributed by atoms with Crippen LogP contribution in [0.2, 0.25) is 0 Å². The fourth-order valence-electron chi connectivity index (χ4n) is 2.61. The summed E-state index contributed by atoms with van der Waals surface area (Å²) in [5.41, 5.74) is 0.0666. The van der Waals surface area contributed by atoms with Crippen molar-refractivity contribution in [1.29, 1.82) is 0 Å². The Labute approximate surface area is 118 Å². The van der Waals surface area contributed by atoms with Gasteiger partial charge >= 0.3 is 0 Å². The lowest BCUT2D eigenvalue weighted by atomic mass is 10.1. The van der Waals surface area contributed by atoms with Crippen molar-refractivity contribution in [2.45, 2.75) is 19.4 Å². The number of phenolic OH excluding ortho intramolecular Hbond substituents is 1. The maximum Gasteiger partial charge on any atom is 0.180 e. The summed E-state index contributed by atoms with van der Waals surface area (Å²) in [6.45, 7) is 4.91. The van der Waals surface area contributed by atoms with Crippen LogP contribution in [0.1, 0.15) is 23.7 Å². The van der Waals surface area contributed by atoms with Gasteiger partial charge in [-0.05, 0) is 31.7 Å². The predicted molar refractivity (Wildman–Crippen MR) is 75.5 cm³/mol. The first-order valence-electron chi connectivity index (χ1n) is 6.95. The van der Waals surface area contributed by atoms with E-state index in [-0.39, 0.29) is 23.6 Å². The molecule has 0 aliphatic carbocycles. The second-order valence-electron chi connectivity index (χ2n) is 5.36. The number of benzene rings is 1. The van der Waals surface area contributed by atoms with Gasteiger partial charge in [-0.1, -0.05) is 6.92 Å². The highest BCUT2D eigenvalue weighted by Crippen LogP contribution is 2.19. The summed E-state index contributed by atoms with van der Waals surface area (Å²) in [6, 6.07) is 3.92. The molecule has 5 heteroatoms. The molecule has 1 atom stereocenters. The molecule has 0 amide bonds. The maximum absolute atomic E-state index is 13.2. The Morgan fingerprint density at radius 2 is 2.20 bits per heavy atom. The molecule has 1 saturated heterocycles. The van der Waals surface area contributed by atoms with Gasteiger partial charge in [0, 0.05) is 25.7 Å². The zero-order valence-corrected chi connectivity index (χ0v) is 12.0. The van der Waals surface area contributed by atoms with E-state index in [0.717, 1.165) is 38.2 Å². The number of aromatic hydroxyl groups is 1. The van der Waals surface area contributed by atoms with Crippen LogP contribution in [0.3, 0.4) is 0 Å². The van der Waals surface area contributed by atoms with Crippen molar-refractivity contribution in [3.63, 3.8) is 0 Å². The Morgan fingerprint density at radius 1 is 1.45 bits per heavy atom. The molecule has 110 valence electrons. The third-order valence-corrected chi connectivity index (χ3v) is 3.96. The molecule has 1 fully saturated rings. The average molecular weight is 280 g/mol. The molecule has 1 N–H and O–H groups in total. The predicted octanol–water partition coefficient (Wildman–Crippen LogP) is 1.74. The molecular formula is C15H21FN2O2. The van der Waals surface area contributed by atoms with Crippen molar-refractivity contribution in [3.05, 3.63) is 29.6 Å². The molecule has 0 saturated carbocycles. The van der Waals surface area contributed by atoms with E-state index in [1.54, 1.807) is 0 Å². The van der Waals surface area contributed by atoms with Crippen LogP contribution < -0.4 is 0 Å². The van der Waals surface area contributed by atoms with E-state index in [9.17, 15) is 14.3 Å². The van der Waals surface area contributed by atoms with E-state index in [0.29, 0.717) is 6.04 Å². The van der Waals surface area contributed by atoms with E-state index in [1.807, 2.05) is 0 Å². The minimum atomic E-state index is -0.504. The number of piperazine rings is 1. The molecule has 0 aromatic heterocycles. The number of ketones is 1. The van der Waals surface area contributed by atoms with Crippen LogP contribution in [0.25, 0.3) is 0 Å². The van der Waals surface area contributed by atoms with Gasteiger partial charge in [-0.25, -0.2) is 4.39 Å². The van der Waals surface area contributed by atoms with Gasteiger partial charge in [0.25, 0.3) is 0 Å². The van der Waals surface area contributed by atoms with Gasteiger partial charge in [-0.3, -0.25) is 9.69 Å². The molecule has 0 radical (unpaired) electrons. The SMILES string of the molecule is CCC1CN(CC(=O)c2cc(F)ccc2O)CCN1C. The number of halogens is 1. The minimum Gasteiger partial charge on any atom is -0.507 e. The van der Waals surface area contributed by atoms with Gasteiger partial charge in [0.15, 0.2) is 5.78 Å². The normalized spacial score (nSPS) is 21.1. The van der Waals surface area contributed by atoms with Crippen molar-refractivity contribution in [2.75, 3.05) is 33.2 Å². The third-order valence-electron chi connectivity index (χ3n) is 3.96. The Balaban J connectivity index is 2.03. The fourth-order valence-corrected chi connectivity index (χ4v) is 2.61. The van der Waals surface area contributed by atoms with Gasteiger partial charge in [-0.2, -0.15) is 0 Å². The fraction of sp³-hybridized carbons (Fsp3) is 0.533. The highest BCUT2D eigenvalue weighted by atomic mass is 19.1. The van der Waals surface area contributed by atoms with Crippen LogP contribution in [0, 0.1) is 5.82 Å². The van der Waals surface area contributed by atoms with Gasteiger partial charge in [0.1, 0.15) is 11.6 Å². The molecule has 0 spiro atoms. The number of hydrogen-bond donors (Lipinski definition) is 1. The number of rotatable bonds is 4. The van der Waals surface area contributed by atoms with E-state index >= 15 is 0 Å². The molecule has 0 bridgehead atoms. The van der Waals surface area contributed by atoms with Crippen molar-refractivity contribution < 1.29 is 14.3 Å². The lowest BCUT2D eigenvalue weighted by molar-refractivity contribution is 0.0741. The number of phenols is 1. The van der Waals surface area contributed by atoms with Crippen LogP contribution in [-0.2, 0) is 0 Å². The second-order valence-corrected chi connectivity index (χ2v) is 5.36. The Bertz CT molecular complexity index is 493.